The standard InChI is InChI=1S/C25H28O5/c1-15(2)5-8-19-23(28)12-9-20(25(19)30)22(27)11-7-17-6-10-21(26)18(13-17)14-24(29)16(3)4/h5-7,9-13,24,26,28-30H,3,8,14H2,1-2,4H3. The third-order valence-electron chi connectivity index (χ3n) is 4.75. The van der Waals surface area contributed by atoms with E-state index in [1.807, 2.05) is 19.9 Å². The number of hydrogen-bond acceptors (Lipinski definition) is 5. The number of allylic oxidation sites excluding steroid dienone is 3. The van der Waals surface area contributed by atoms with Gasteiger partial charge in [-0.1, -0.05) is 35.9 Å². The molecule has 0 aliphatic rings. The molecule has 0 aliphatic carbocycles. The second-order valence-electron chi connectivity index (χ2n) is 7.60. The van der Waals surface area contributed by atoms with E-state index in [2.05, 4.69) is 6.58 Å². The van der Waals surface area contributed by atoms with Crippen molar-refractivity contribution in [2.24, 2.45) is 0 Å². The predicted octanol–water partition coefficient (Wildman–Crippen LogP) is 4.69. The molecule has 0 heterocycles. The Kier molecular flexibility index (Phi) is 7.61. The number of carbonyl (C=O) groups is 1. The smallest absolute Gasteiger partial charge is 0.189 e. The average molecular weight is 408 g/mol. The molecule has 0 aliphatic heterocycles. The monoisotopic (exact) mass is 408 g/mol. The molecule has 1 atom stereocenters. The number of phenolic OH excluding ortho intramolecular Hbond substituents is 3. The van der Waals surface area contributed by atoms with Crippen LogP contribution in [-0.2, 0) is 12.8 Å². The minimum atomic E-state index is -0.773. The van der Waals surface area contributed by atoms with Gasteiger partial charge in [-0.3, -0.25) is 4.79 Å². The van der Waals surface area contributed by atoms with E-state index in [1.165, 1.54) is 24.3 Å². The molecule has 0 radical (unpaired) electrons. The Morgan fingerprint density at radius 1 is 1.07 bits per heavy atom. The average Bonchev–Trinajstić information content (AvgIpc) is 2.67. The topological polar surface area (TPSA) is 98.0 Å². The van der Waals surface area contributed by atoms with E-state index >= 15 is 0 Å². The number of aromatic hydroxyl groups is 3. The lowest BCUT2D eigenvalue weighted by Gasteiger charge is -2.12. The van der Waals surface area contributed by atoms with E-state index in [1.54, 1.807) is 25.1 Å². The molecule has 4 N–H and O–H groups in total. The van der Waals surface area contributed by atoms with Crippen molar-refractivity contribution >= 4 is 11.9 Å². The highest BCUT2D eigenvalue weighted by atomic mass is 16.3. The summed E-state index contributed by atoms with van der Waals surface area (Å²) in [5, 5.41) is 40.5. The predicted molar refractivity (Wildman–Crippen MR) is 119 cm³/mol. The van der Waals surface area contributed by atoms with Gasteiger partial charge in [-0.25, -0.2) is 0 Å². The molecule has 0 saturated heterocycles. The van der Waals surface area contributed by atoms with Crippen LogP contribution in [0.25, 0.3) is 6.08 Å². The van der Waals surface area contributed by atoms with Gasteiger partial charge < -0.3 is 20.4 Å². The molecule has 30 heavy (non-hydrogen) atoms. The molecule has 0 amide bonds. The zero-order valence-electron chi connectivity index (χ0n) is 17.5. The molecule has 0 fully saturated rings. The minimum Gasteiger partial charge on any atom is -0.508 e. The van der Waals surface area contributed by atoms with Gasteiger partial charge in [0.05, 0.1) is 11.7 Å². The third kappa shape index (κ3) is 5.84. The number of hydrogen-bond donors (Lipinski definition) is 4. The van der Waals surface area contributed by atoms with Crippen molar-refractivity contribution in [3.8, 4) is 17.2 Å². The highest BCUT2D eigenvalue weighted by Crippen LogP contribution is 2.32. The van der Waals surface area contributed by atoms with E-state index in [0.29, 0.717) is 28.7 Å². The van der Waals surface area contributed by atoms with Crippen LogP contribution in [0.5, 0.6) is 17.2 Å². The van der Waals surface area contributed by atoms with Gasteiger partial charge in [0.25, 0.3) is 0 Å². The Bertz CT molecular complexity index is 1010. The maximum absolute atomic E-state index is 12.6. The van der Waals surface area contributed by atoms with Crippen LogP contribution in [0.1, 0.15) is 47.8 Å². The largest absolute Gasteiger partial charge is 0.508 e. The molecule has 5 heteroatoms. The molecule has 158 valence electrons. The van der Waals surface area contributed by atoms with Crippen molar-refractivity contribution in [2.45, 2.75) is 39.7 Å². The third-order valence-corrected chi connectivity index (χ3v) is 4.75. The Balaban J connectivity index is 2.27. The number of ketones is 1. The first-order valence-corrected chi connectivity index (χ1v) is 9.65. The van der Waals surface area contributed by atoms with Crippen molar-refractivity contribution in [3.05, 3.63) is 82.5 Å². The van der Waals surface area contributed by atoms with Gasteiger partial charge in [-0.15, -0.1) is 0 Å². The lowest BCUT2D eigenvalue weighted by molar-refractivity contribution is 0.104. The molecule has 2 aromatic carbocycles. The van der Waals surface area contributed by atoms with E-state index in [-0.39, 0.29) is 29.2 Å². The fourth-order valence-corrected chi connectivity index (χ4v) is 2.85. The van der Waals surface area contributed by atoms with Gasteiger partial charge in [0.15, 0.2) is 5.78 Å². The van der Waals surface area contributed by atoms with Crippen LogP contribution in [-0.4, -0.2) is 32.3 Å². The van der Waals surface area contributed by atoms with E-state index < -0.39 is 11.9 Å². The van der Waals surface area contributed by atoms with Crippen LogP contribution in [0.2, 0.25) is 0 Å². The number of aliphatic hydroxyl groups excluding tert-OH is 1. The summed E-state index contributed by atoms with van der Waals surface area (Å²) in [6.07, 6.45) is 4.50. The molecule has 2 aromatic rings. The maximum atomic E-state index is 12.6. The Morgan fingerprint density at radius 2 is 1.73 bits per heavy atom. The summed E-state index contributed by atoms with van der Waals surface area (Å²) >= 11 is 0. The summed E-state index contributed by atoms with van der Waals surface area (Å²) in [6, 6.07) is 7.61. The zero-order valence-corrected chi connectivity index (χ0v) is 17.5. The number of phenols is 3. The molecular weight excluding hydrogens is 380 g/mol. The van der Waals surface area contributed by atoms with Gasteiger partial charge in [0, 0.05) is 12.0 Å². The van der Waals surface area contributed by atoms with Crippen LogP contribution in [0.4, 0.5) is 0 Å². The second kappa shape index (κ2) is 9.94. The Labute approximate surface area is 177 Å². The van der Waals surface area contributed by atoms with Gasteiger partial charge in [0.2, 0.25) is 0 Å². The molecule has 0 aromatic heterocycles. The second-order valence-corrected chi connectivity index (χ2v) is 7.60. The van der Waals surface area contributed by atoms with Gasteiger partial charge in [-0.2, -0.15) is 0 Å². The highest BCUT2D eigenvalue weighted by molar-refractivity contribution is 6.09. The summed E-state index contributed by atoms with van der Waals surface area (Å²) in [5.41, 5.74) is 3.22. The molecular formula is C25H28O5. The number of carbonyl (C=O) groups excluding carboxylic acids is 1. The Morgan fingerprint density at radius 3 is 2.37 bits per heavy atom. The van der Waals surface area contributed by atoms with Gasteiger partial charge in [-0.05, 0) is 68.7 Å². The van der Waals surface area contributed by atoms with Crippen LogP contribution < -0.4 is 0 Å². The van der Waals surface area contributed by atoms with Crippen LogP contribution >= 0.6 is 0 Å². The van der Waals surface area contributed by atoms with Crippen molar-refractivity contribution in [1.29, 1.82) is 0 Å². The summed E-state index contributed by atoms with van der Waals surface area (Å²) in [6.45, 7) is 9.23. The summed E-state index contributed by atoms with van der Waals surface area (Å²) in [4.78, 5) is 12.6. The summed E-state index contributed by atoms with van der Waals surface area (Å²) < 4.78 is 0. The van der Waals surface area contributed by atoms with Gasteiger partial charge >= 0.3 is 0 Å². The first-order chi connectivity index (χ1) is 14.1. The van der Waals surface area contributed by atoms with Gasteiger partial charge in [0.1, 0.15) is 17.2 Å². The summed E-state index contributed by atoms with van der Waals surface area (Å²) in [5.74, 6) is -0.663. The number of benzene rings is 2. The van der Waals surface area contributed by atoms with Crippen molar-refractivity contribution in [2.75, 3.05) is 0 Å². The van der Waals surface area contributed by atoms with E-state index in [9.17, 15) is 25.2 Å². The minimum absolute atomic E-state index is 0.0545. The molecule has 0 spiro atoms. The number of rotatable bonds is 8. The van der Waals surface area contributed by atoms with Crippen LogP contribution in [0.15, 0.2) is 60.2 Å². The summed E-state index contributed by atoms with van der Waals surface area (Å²) in [7, 11) is 0. The normalized spacial score (nSPS) is 12.0. The fraction of sp³-hybridized carbons (Fsp3) is 0.240. The fourth-order valence-electron chi connectivity index (χ4n) is 2.85. The highest BCUT2D eigenvalue weighted by Gasteiger charge is 2.16. The first kappa shape index (κ1) is 23.0. The molecule has 5 nitrogen and oxygen atoms in total. The first-order valence-electron chi connectivity index (χ1n) is 9.65. The van der Waals surface area contributed by atoms with Crippen LogP contribution in [0.3, 0.4) is 0 Å². The van der Waals surface area contributed by atoms with Crippen molar-refractivity contribution in [1.82, 2.24) is 0 Å². The molecule has 2 rings (SSSR count). The quantitative estimate of drug-likeness (QED) is 0.289. The van der Waals surface area contributed by atoms with Crippen molar-refractivity contribution < 1.29 is 25.2 Å². The lowest BCUT2D eigenvalue weighted by Crippen LogP contribution is -2.11. The maximum Gasteiger partial charge on any atom is 0.189 e. The molecule has 0 bridgehead atoms. The van der Waals surface area contributed by atoms with E-state index in [0.717, 1.165) is 5.57 Å². The lowest BCUT2D eigenvalue weighted by atomic mass is 9.99. The zero-order chi connectivity index (χ0) is 22.4. The number of aliphatic hydroxyl groups is 1. The van der Waals surface area contributed by atoms with Crippen LogP contribution in [0, 0.1) is 0 Å². The Hall–Kier alpha value is -3.31. The van der Waals surface area contributed by atoms with E-state index in [4.69, 9.17) is 0 Å². The van der Waals surface area contributed by atoms with Crippen molar-refractivity contribution in [3.63, 3.8) is 0 Å². The molecule has 0 saturated carbocycles. The molecule has 1 unspecified atom stereocenters. The SMILES string of the molecule is C=C(C)C(O)Cc1cc(C=CC(=O)c2ccc(O)c(CC=C(C)C)c2O)ccc1O.